The summed E-state index contributed by atoms with van der Waals surface area (Å²) in [6, 6.07) is 5.77. The SMILES string of the molecule is Cl.NC1CCCN(C(=O)c2cnc(-c3ccc4c(c3)OCO4)s2)C1. The number of halogens is 1. The molecule has 4 rings (SSSR count). The number of aromatic nitrogens is 1. The van der Waals surface area contributed by atoms with Gasteiger partial charge in [0, 0.05) is 24.7 Å². The van der Waals surface area contributed by atoms with E-state index >= 15 is 0 Å². The molecule has 8 heteroatoms. The summed E-state index contributed by atoms with van der Waals surface area (Å²) < 4.78 is 10.7. The van der Waals surface area contributed by atoms with Crippen molar-refractivity contribution in [3.8, 4) is 22.1 Å². The van der Waals surface area contributed by atoms with Crippen LogP contribution in [0.1, 0.15) is 22.5 Å². The zero-order chi connectivity index (χ0) is 15.8. The average molecular weight is 368 g/mol. The van der Waals surface area contributed by atoms with Crippen molar-refractivity contribution in [1.82, 2.24) is 9.88 Å². The van der Waals surface area contributed by atoms with Crippen LogP contribution in [0.15, 0.2) is 24.4 Å². The summed E-state index contributed by atoms with van der Waals surface area (Å²) in [7, 11) is 0. The van der Waals surface area contributed by atoms with Crippen LogP contribution in [0.2, 0.25) is 0 Å². The molecule has 128 valence electrons. The van der Waals surface area contributed by atoms with Crippen molar-refractivity contribution >= 4 is 29.7 Å². The minimum Gasteiger partial charge on any atom is -0.454 e. The molecule has 0 saturated carbocycles. The fourth-order valence-corrected chi connectivity index (χ4v) is 3.77. The number of nitrogens with two attached hydrogens (primary N) is 1. The number of ether oxygens (including phenoxy) is 2. The first-order valence-corrected chi connectivity index (χ1v) is 8.43. The predicted molar refractivity (Wildman–Crippen MR) is 94.0 cm³/mol. The van der Waals surface area contributed by atoms with Crippen LogP contribution in [0.25, 0.3) is 10.6 Å². The third kappa shape index (κ3) is 3.19. The van der Waals surface area contributed by atoms with Crippen molar-refractivity contribution in [3.05, 3.63) is 29.3 Å². The van der Waals surface area contributed by atoms with Gasteiger partial charge in [0.25, 0.3) is 5.91 Å². The van der Waals surface area contributed by atoms with E-state index in [9.17, 15) is 4.79 Å². The van der Waals surface area contributed by atoms with Gasteiger partial charge in [0.15, 0.2) is 11.5 Å². The molecule has 0 radical (unpaired) electrons. The Bertz CT molecular complexity index is 752. The molecule has 1 fully saturated rings. The summed E-state index contributed by atoms with van der Waals surface area (Å²) in [5.41, 5.74) is 6.88. The van der Waals surface area contributed by atoms with Gasteiger partial charge < -0.3 is 20.1 Å². The molecule has 1 saturated heterocycles. The van der Waals surface area contributed by atoms with E-state index in [2.05, 4.69) is 4.98 Å². The maximum Gasteiger partial charge on any atom is 0.265 e. The van der Waals surface area contributed by atoms with Gasteiger partial charge in [0.2, 0.25) is 6.79 Å². The monoisotopic (exact) mass is 367 g/mol. The highest BCUT2D eigenvalue weighted by molar-refractivity contribution is 7.16. The highest BCUT2D eigenvalue weighted by Crippen LogP contribution is 2.37. The molecule has 1 amide bonds. The molecule has 0 spiro atoms. The standard InChI is InChI=1S/C16H17N3O3S.ClH/c17-11-2-1-5-19(8-11)16(20)14-7-18-15(23-14)10-3-4-12-13(6-10)22-9-21-12;/h3-4,6-7,11H,1-2,5,8-9,17H2;1H. The molecule has 2 N–H and O–H groups in total. The lowest BCUT2D eigenvalue weighted by atomic mass is 10.1. The quantitative estimate of drug-likeness (QED) is 0.882. The molecule has 2 aliphatic heterocycles. The third-order valence-electron chi connectivity index (χ3n) is 4.08. The van der Waals surface area contributed by atoms with E-state index < -0.39 is 0 Å². The van der Waals surface area contributed by atoms with Gasteiger partial charge in [-0.2, -0.15) is 0 Å². The highest BCUT2D eigenvalue weighted by atomic mass is 35.5. The summed E-state index contributed by atoms with van der Waals surface area (Å²) >= 11 is 1.39. The summed E-state index contributed by atoms with van der Waals surface area (Å²) in [4.78, 5) is 19.4. The van der Waals surface area contributed by atoms with Gasteiger partial charge in [-0.3, -0.25) is 4.79 Å². The highest BCUT2D eigenvalue weighted by Gasteiger charge is 2.24. The van der Waals surface area contributed by atoms with Crippen molar-refractivity contribution in [2.24, 2.45) is 5.73 Å². The summed E-state index contributed by atoms with van der Waals surface area (Å²) in [6.07, 6.45) is 3.59. The fourth-order valence-electron chi connectivity index (χ4n) is 2.89. The van der Waals surface area contributed by atoms with Crippen LogP contribution < -0.4 is 15.2 Å². The summed E-state index contributed by atoms with van der Waals surface area (Å²) in [5, 5.41) is 0.799. The topological polar surface area (TPSA) is 77.7 Å². The lowest BCUT2D eigenvalue weighted by molar-refractivity contribution is 0.0713. The van der Waals surface area contributed by atoms with Crippen LogP contribution in [0.5, 0.6) is 11.5 Å². The van der Waals surface area contributed by atoms with E-state index in [0.29, 0.717) is 17.2 Å². The molecule has 1 atom stereocenters. The number of nitrogens with zero attached hydrogens (tertiary/aromatic N) is 2. The largest absolute Gasteiger partial charge is 0.454 e. The van der Waals surface area contributed by atoms with Crippen molar-refractivity contribution in [3.63, 3.8) is 0 Å². The van der Waals surface area contributed by atoms with Gasteiger partial charge in [0.05, 0.1) is 6.20 Å². The zero-order valence-electron chi connectivity index (χ0n) is 12.9. The minimum absolute atomic E-state index is 0. The maximum absolute atomic E-state index is 12.6. The van der Waals surface area contributed by atoms with E-state index in [-0.39, 0.29) is 31.1 Å². The van der Waals surface area contributed by atoms with Gasteiger partial charge in [-0.1, -0.05) is 0 Å². The Hall–Kier alpha value is -1.83. The molecule has 1 unspecified atom stereocenters. The zero-order valence-corrected chi connectivity index (χ0v) is 14.6. The van der Waals surface area contributed by atoms with Crippen LogP contribution in [0.3, 0.4) is 0 Å². The van der Waals surface area contributed by atoms with Gasteiger partial charge in [-0.25, -0.2) is 4.98 Å². The number of likely N-dealkylation sites (tertiary alicyclic amines) is 1. The molecule has 6 nitrogen and oxygen atoms in total. The Morgan fingerprint density at radius 2 is 2.17 bits per heavy atom. The summed E-state index contributed by atoms with van der Waals surface area (Å²) in [6.45, 7) is 1.63. The Balaban J connectivity index is 0.00000169. The number of amides is 1. The van der Waals surface area contributed by atoms with E-state index in [1.54, 1.807) is 6.20 Å². The van der Waals surface area contributed by atoms with Crippen molar-refractivity contribution in [2.75, 3.05) is 19.9 Å². The molecule has 1 aromatic heterocycles. The fraction of sp³-hybridized carbons (Fsp3) is 0.375. The number of thiazole rings is 1. The predicted octanol–water partition coefficient (Wildman–Crippen LogP) is 2.52. The normalized spacial score (nSPS) is 19.0. The minimum atomic E-state index is 0. The second-order valence-electron chi connectivity index (χ2n) is 5.75. The van der Waals surface area contributed by atoms with Crippen LogP contribution >= 0.6 is 23.7 Å². The first-order chi connectivity index (χ1) is 11.2. The summed E-state index contributed by atoms with van der Waals surface area (Å²) in [5.74, 6) is 1.47. The molecule has 0 aliphatic carbocycles. The third-order valence-corrected chi connectivity index (χ3v) is 5.12. The van der Waals surface area contributed by atoms with Gasteiger partial charge >= 0.3 is 0 Å². The number of hydrogen-bond donors (Lipinski definition) is 1. The lowest BCUT2D eigenvalue weighted by Gasteiger charge is -2.30. The molecule has 3 heterocycles. The smallest absolute Gasteiger partial charge is 0.265 e. The van der Waals surface area contributed by atoms with Crippen LogP contribution in [0, 0.1) is 0 Å². The number of fused-ring (bicyclic) bond motifs is 1. The molecule has 1 aromatic carbocycles. The molecule has 24 heavy (non-hydrogen) atoms. The number of rotatable bonds is 2. The van der Waals surface area contributed by atoms with E-state index in [1.165, 1.54) is 11.3 Å². The molecular formula is C16H18ClN3O3S. The average Bonchev–Trinajstić information content (AvgIpc) is 3.22. The number of benzene rings is 1. The van der Waals surface area contributed by atoms with Gasteiger partial charge in [0.1, 0.15) is 9.88 Å². The number of carbonyl (C=O) groups is 1. The van der Waals surface area contributed by atoms with E-state index in [1.807, 2.05) is 23.1 Å². The van der Waals surface area contributed by atoms with E-state index in [4.69, 9.17) is 15.2 Å². The first kappa shape index (κ1) is 17.0. The number of hydrogen-bond acceptors (Lipinski definition) is 6. The van der Waals surface area contributed by atoms with E-state index in [0.717, 1.165) is 35.7 Å². The molecule has 2 aromatic rings. The Morgan fingerprint density at radius 1 is 1.33 bits per heavy atom. The molecule has 2 aliphatic rings. The van der Waals surface area contributed by atoms with Crippen LogP contribution in [-0.2, 0) is 0 Å². The molecule has 0 bridgehead atoms. The Kier molecular flexibility index (Phi) is 4.93. The second-order valence-corrected chi connectivity index (χ2v) is 6.78. The van der Waals surface area contributed by atoms with Crippen LogP contribution in [0.4, 0.5) is 0 Å². The van der Waals surface area contributed by atoms with Gasteiger partial charge in [-0.15, -0.1) is 23.7 Å². The number of piperidine rings is 1. The van der Waals surface area contributed by atoms with Crippen molar-refractivity contribution < 1.29 is 14.3 Å². The second kappa shape index (κ2) is 6.96. The van der Waals surface area contributed by atoms with Crippen molar-refractivity contribution in [1.29, 1.82) is 0 Å². The van der Waals surface area contributed by atoms with Gasteiger partial charge in [-0.05, 0) is 31.0 Å². The van der Waals surface area contributed by atoms with Crippen molar-refractivity contribution in [2.45, 2.75) is 18.9 Å². The van der Waals surface area contributed by atoms with Crippen LogP contribution in [-0.4, -0.2) is 41.7 Å². The maximum atomic E-state index is 12.6. The lowest BCUT2D eigenvalue weighted by Crippen LogP contribution is -2.45. The Morgan fingerprint density at radius 3 is 3.00 bits per heavy atom. The number of carbonyl (C=O) groups excluding carboxylic acids is 1. The molecular weight excluding hydrogens is 350 g/mol. The Labute approximate surface area is 150 Å². The first-order valence-electron chi connectivity index (χ1n) is 7.61.